The van der Waals surface area contributed by atoms with Gasteiger partial charge in [0.2, 0.25) is 0 Å². The van der Waals surface area contributed by atoms with E-state index in [1.807, 2.05) is 24.3 Å². The first kappa shape index (κ1) is 29.5. The van der Waals surface area contributed by atoms with E-state index in [9.17, 15) is 19.5 Å². The van der Waals surface area contributed by atoms with Crippen molar-refractivity contribution in [2.75, 3.05) is 38.1 Å². The van der Waals surface area contributed by atoms with E-state index in [1.54, 1.807) is 18.7 Å². The molecule has 41 heavy (non-hydrogen) atoms. The number of rotatable bonds is 5. The molecule has 0 radical (unpaired) electrons. The Morgan fingerprint density at radius 3 is 2.32 bits per heavy atom. The van der Waals surface area contributed by atoms with Crippen molar-refractivity contribution in [3.05, 3.63) is 45.4 Å². The average Bonchev–Trinajstić information content (AvgIpc) is 3.10. The minimum absolute atomic E-state index is 0.00218. The number of piperidine rings is 1. The number of halogens is 1. The molecule has 2 N–H and O–H groups in total. The van der Waals surface area contributed by atoms with Gasteiger partial charge < -0.3 is 10.0 Å². The quantitative estimate of drug-likeness (QED) is 0.460. The third-order valence-corrected chi connectivity index (χ3v) is 9.32. The van der Waals surface area contributed by atoms with Crippen molar-refractivity contribution < 1.29 is 19.5 Å². The van der Waals surface area contributed by atoms with Crippen LogP contribution in [-0.4, -0.2) is 92.5 Å². The van der Waals surface area contributed by atoms with Crippen LogP contribution in [0.4, 0.5) is 10.6 Å². The highest BCUT2D eigenvalue weighted by Crippen LogP contribution is 2.34. The van der Waals surface area contributed by atoms with Gasteiger partial charge in [-0.05, 0) is 55.9 Å². The Balaban J connectivity index is 1.29. The van der Waals surface area contributed by atoms with Crippen molar-refractivity contribution in [1.29, 1.82) is 0 Å². The van der Waals surface area contributed by atoms with Crippen LogP contribution < -0.4 is 5.43 Å². The highest BCUT2D eigenvalue weighted by Gasteiger charge is 2.41. The van der Waals surface area contributed by atoms with Crippen molar-refractivity contribution in [3.8, 4) is 0 Å². The normalized spacial score (nSPS) is 23.2. The molecular weight excluding hydrogens is 588 g/mol. The van der Waals surface area contributed by atoms with Crippen molar-refractivity contribution >= 4 is 50.6 Å². The summed E-state index contributed by atoms with van der Waals surface area (Å²) < 4.78 is 0.901. The Labute approximate surface area is 249 Å². The molecule has 0 aliphatic carbocycles. The van der Waals surface area contributed by atoms with E-state index in [-0.39, 0.29) is 23.3 Å². The molecule has 10 nitrogen and oxygen atoms in total. The first-order valence-corrected chi connectivity index (χ1v) is 15.0. The van der Waals surface area contributed by atoms with Gasteiger partial charge in [-0.3, -0.25) is 24.8 Å². The van der Waals surface area contributed by atoms with Crippen LogP contribution >= 0.6 is 15.9 Å². The monoisotopic (exact) mass is 626 g/mol. The number of hydrogen-bond acceptors (Lipinski definition) is 7. The summed E-state index contributed by atoms with van der Waals surface area (Å²) in [6, 6.07) is 8.30. The van der Waals surface area contributed by atoms with Gasteiger partial charge in [0.25, 0.3) is 11.8 Å². The first-order chi connectivity index (χ1) is 19.3. The van der Waals surface area contributed by atoms with Crippen LogP contribution in [0.25, 0.3) is 10.9 Å². The number of hydrogen-bond donors (Lipinski definition) is 2. The van der Waals surface area contributed by atoms with Gasteiger partial charge in [-0.25, -0.2) is 9.78 Å². The number of nitrogens with zero attached hydrogens (tertiary/aromatic N) is 5. The molecule has 0 saturated carbocycles. The number of anilines is 1. The molecule has 2 saturated heterocycles. The number of pyridine rings is 1. The van der Waals surface area contributed by atoms with E-state index < -0.39 is 6.09 Å². The third kappa shape index (κ3) is 5.98. The van der Waals surface area contributed by atoms with Gasteiger partial charge in [0, 0.05) is 72.4 Å². The largest absolute Gasteiger partial charge is 0.465 e. The third-order valence-electron chi connectivity index (χ3n) is 8.83. The summed E-state index contributed by atoms with van der Waals surface area (Å²) in [4.78, 5) is 48.4. The van der Waals surface area contributed by atoms with Gasteiger partial charge in [-0.1, -0.05) is 42.8 Å². The average molecular weight is 628 g/mol. The van der Waals surface area contributed by atoms with Crippen LogP contribution in [0.5, 0.6) is 0 Å². The lowest BCUT2D eigenvalue weighted by Gasteiger charge is -2.48. The lowest BCUT2D eigenvalue weighted by atomic mass is 9.79. The molecule has 0 spiro atoms. The molecular formula is C30H39BrN6O4. The maximum Gasteiger partial charge on any atom is 0.407 e. The Morgan fingerprint density at radius 1 is 1.05 bits per heavy atom. The number of fused-ring (bicyclic) bond motifs is 1. The Kier molecular flexibility index (Phi) is 8.15. The fourth-order valence-corrected chi connectivity index (χ4v) is 6.63. The van der Waals surface area contributed by atoms with Crippen molar-refractivity contribution in [2.45, 2.75) is 66.1 Å². The molecule has 4 heterocycles. The topological polar surface area (TPSA) is 109 Å². The van der Waals surface area contributed by atoms with E-state index in [1.165, 1.54) is 0 Å². The smallest absolute Gasteiger partial charge is 0.407 e. The summed E-state index contributed by atoms with van der Waals surface area (Å²) in [5.41, 5.74) is 5.57. The standard InChI is InChI=1S/C30H39BrN6O4/c1-18-19(2)28(39)37(27(18)38)33-26-14-20(23-7-6-21(31)15-24(23)32-26)17-34-10-12-35(13-11-34)22-8-9-36(29(40)41)25(16-22)30(3,4)5/h6-7,14-15,22,25H,8-13,16-17H2,1-5H3,(H,32,33)(H,40,41). The Bertz CT molecular complexity index is 1390. The number of benzene rings is 1. The molecule has 1 aromatic heterocycles. The fourth-order valence-electron chi connectivity index (χ4n) is 6.28. The molecule has 1 aromatic carbocycles. The molecule has 2 atom stereocenters. The second kappa shape index (κ2) is 11.3. The summed E-state index contributed by atoms with van der Waals surface area (Å²) in [6.45, 7) is 14.6. The molecule has 220 valence electrons. The van der Waals surface area contributed by atoms with Gasteiger partial charge in [0.15, 0.2) is 0 Å². The first-order valence-electron chi connectivity index (χ1n) is 14.2. The predicted octanol–water partition coefficient (Wildman–Crippen LogP) is 4.70. The number of carboxylic acid groups (broad SMARTS) is 1. The van der Waals surface area contributed by atoms with E-state index in [4.69, 9.17) is 4.98 Å². The number of nitrogens with one attached hydrogen (secondary N) is 1. The van der Waals surface area contributed by atoms with Crippen LogP contribution in [0.1, 0.15) is 53.0 Å². The zero-order valence-electron chi connectivity index (χ0n) is 24.4. The van der Waals surface area contributed by atoms with Crippen molar-refractivity contribution in [3.63, 3.8) is 0 Å². The second-order valence-electron chi connectivity index (χ2n) is 12.5. The van der Waals surface area contributed by atoms with Crippen LogP contribution in [-0.2, 0) is 16.1 Å². The zero-order valence-corrected chi connectivity index (χ0v) is 26.0. The van der Waals surface area contributed by atoms with Crippen LogP contribution in [0.15, 0.2) is 39.9 Å². The van der Waals surface area contributed by atoms with E-state index in [0.29, 0.717) is 36.1 Å². The highest BCUT2D eigenvalue weighted by atomic mass is 79.9. The lowest BCUT2D eigenvalue weighted by molar-refractivity contribution is -0.135. The molecule has 3 aliphatic rings. The van der Waals surface area contributed by atoms with Crippen molar-refractivity contribution in [1.82, 2.24) is 24.7 Å². The molecule has 2 fully saturated rings. The molecule has 2 aromatic rings. The minimum Gasteiger partial charge on any atom is -0.465 e. The zero-order chi connectivity index (χ0) is 29.6. The number of likely N-dealkylation sites (tertiary alicyclic amines) is 1. The molecule has 5 rings (SSSR count). The molecule has 11 heteroatoms. The predicted molar refractivity (Wildman–Crippen MR) is 161 cm³/mol. The van der Waals surface area contributed by atoms with Gasteiger partial charge in [-0.15, -0.1) is 0 Å². The number of aromatic nitrogens is 1. The highest BCUT2D eigenvalue weighted by molar-refractivity contribution is 9.10. The van der Waals surface area contributed by atoms with Crippen LogP contribution in [0, 0.1) is 5.41 Å². The number of carbonyl (C=O) groups is 3. The van der Waals surface area contributed by atoms with Crippen molar-refractivity contribution in [2.24, 2.45) is 5.41 Å². The molecule has 0 bridgehead atoms. The summed E-state index contributed by atoms with van der Waals surface area (Å²) in [6.07, 6.45) is 0.898. The number of carbonyl (C=O) groups excluding carboxylic acids is 2. The van der Waals surface area contributed by atoms with Gasteiger partial charge in [-0.2, -0.15) is 5.01 Å². The second-order valence-corrected chi connectivity index (χ2v) is 13.4. The molecule has 3 amide bonds. The Morgan fingerprint density at radius 2 is 1.71 bits per heavy atom. The maximum absolute atomic E-state index is 12.6. The maximum atomic E-state index is 12.6. The number of imide groups is 1. The lowest BCUT2D eigenvalue weighted by Crippen LogP contribution is -2.58. The van der Waals surface area contributed by atoms with Gasteiger partial charge in [0.1, 0.15) is 5.82 Å². The molecule has 3 aliphatic heterocycles. The number of amides is 3. The van der Waals surface area contributed by atoms with E-state index in [0.717, 1.165) is 65.0 Å². The van der Waals surface area contributed by atoms with E-state index >= 15 is 0 Å². The van der Waals surface area contributed by atoms with E-state index in [2.05, 4.69) is 51.9 Å². The van der Waals surface area contributed by atoms with Gasteiger partial charge >= 0.3 is 6.09 Å². The summed E-state index contributed by atoms with van der Waals surface area (Å²) in [5, 5.41) is 11.8. The van der Waals surface area contributed by atoms with Crippen LogP contribution in [0.2, 0.25) is 0 Å². The number of hydrazine groups is 1. The summed E-state index contributed by atoms with van der Waals surface area (Å²) >= 11 is 3.54. The SMILES string of the molecule is CC1=C(C)C(=O)N(Nc2cc(CN3CCN(C4CCN(C(=O)O)C(C(C)(C)C)C4)CC3)c3ccc(Br)cc3n2)C1=O. The number of piperazine rings is 1. The molecule has 2 unspecified atom stereocenters. The fraction of sp³-hybridized carbons (Fsp3) is 0.533. The Hall–Kier alpha value is -3.02. The summed E-state index contributed by atoms with van der Waals surface area (Å²) in [5.74, 6) is -0.264. The van der Waals surface area contributed by atoms with Crippen LogP contribution in [0.3, 0.4) is 0 Å². The van der Waals surface area contributed by atoms with Gasteiger partial charge in [0.05, 0.1) is 5.52 Å². The minimum atomic E-state index is -0.821. The summed E-state index contributed by atoms with van der Waals surface area (Å²) in [7, 11) is 0.